The first-order valence-electron chi connectivity index (χ1n) is 12.9. The van der Waals surface area contributed by atoms with Crippen molar-refractivity contribution < 1.29 is 9.53 Å². The Balaban J connectivity index is 0.00000220. The normalized spacial score (nSPS) is 16.1. The minimum atomic E-state index is -0.384. The number of anilines is 2. The van der Waals surface area contributed by atoms with E-state index in [2.05, 4.69) is 20.9 Å². The Morgan fingerprint density at radius 3 is 2.33 bits per heavy atom. The molecule has 1 fully saturated rings. The van der Waals surface area contributed by atoms with Crippen molar-refractivity contribution in [2.45, 2.75) is 44.7 Å². The number of carbonyl (C=O) groups excluding carboxylic acids is 1. The van der Waals surface area contributed by atoms with Crippen molar-refractivity contribution in [3.05, 3.63) is 89.7 Å². The van der Waals surface area contributed by atoms with E-state index in [9.17, 15) is 4.79 Å². The Bertz CT molecular complexity index is 1450. The Kier molecular flexibility index (Phi) is 10.7. The van der Waals surface area contributed by atoms with Crippen LogP contribution < -0.4 is 20.7 Å². The number of halogens is 2. The van der Waals surface area contributed by atoms with Crippen LogP contribution in [0.25, 0.3) is 10.9 Å². The van der Waals surface area contributed by atoms with Crippen LogP contribution in [-0.4, -0.2) is 40.9 Å². The zero-order chi connectivity index (χ0) is 26.5. The molecule has 1 saturated carbocycles. The molecule has 0 bridgehead atoms. The van der Waals surface area contributed by atoms with Gasteiger partial charge >= 0.3 is 0 Å². The molecule has 4 N–H and O–H groups in total. The minimum Gasteiger partial charge on any atom is -0.497 e. The third kappa shape index (κ3) is 7.20. The number of ether oxygens (including phenoxy) is 1. The molecule has 0 unspecified atom stereocenters. The Morgan fingerprint density at radius 1 is 0.925 bits per heavy atom. The molecule has 5 rings (SSSR count). The molecule has 2 atom stereocenters. The minimum absolute atomic E-state index is 0. The van der Waals surface area contributed by atoms with Crippen LogP contribution >= 0.6 is 24.8 Å². The van der Waals surface area contributed by atoms with Gasteiger partial charge in [-0.1, -0.05) is 54.8 Å². The van der Waals surface area contributed by atoms with Gasteiger partial charge in [0.25, 0.3) is 5.91 Å². The molecule has 1 aromatic heterocycles. The maximum absolute atomic E-state index is 13.2. The highest BCUT2D eigenvalue weighted by Crippen LogP contribution is 2.27. The molecule has 210 valence electrons. The summed E-state index contributed by atoms with van der Waals surface area (Å²) in [6.07, 6.45) is 4.06. The van der Waals surface area contributed by atoms with Crippen LogP contribution in [0.15, 0.2) is 72.8 Å². The average Bonchev–Trinajstić information content (AvgIpc) is 2.95. The summed E-state index contributed by atoms with van der Waals surface area (Å²) < 4.78 is 5.20. The molecule has 4 aromatic rings. The second kappa shape index (κ2) is 14.0. The summed E-state index contributed by atoms with van der Waals surface area (Å²) in [5, 5.41) is 19.4. The SMILES string of the molecule is COc1ccc(NC(=O)c2nc(N[C@H]3CCCC[C@H]3NC(=N)c3ccccc3)c3cc(C)ccc3n2)cc1.Cl.Cl. The quantitative estimate of drug-likeness (QED) is 0.149. The van der Waals surface area contributed by atoms with Gasteiger partial charge in [-0.2, -0.15) is 0 Å². The van der Waals surface area contributed by atoms with E-state index in [4.69, 9.17) is 15.1 Å². The number of carbonyl (C=O) groups is 1. The number of rotatable bonds is 7. The van der Waals surface area contributed by atoms with Crippen LogP contribution in [0.4, 0.5) is 11.5 Å². The fourth-order valence-electron chi connectivity index (χ4n) is 4.84. The molecule has 1 aliphatic rings. The molecule has 10 heteroatoms. The number of amidine groups is 1. The lowest BCUT2D eigenvalue weighted by molar-refractivity contribution is 0.101. The van der Waals surface area contributed by atoms with Crippen molar-refractivity contribution in [1.82, 2.24) is 15.3 Å². The molecule has 1 amide bonds. The fraction of sp³-hybridized carbons (Fsp3) is 0.267. The Morgan fingerprint density at radius 2 is 1.62 bits per heavy atom. The lowest BCUT2D eigenvalue weighted by Gasteiger charge is -2.34. The number of nitrogens with one attached hydrogen (secondary N) is 4. The number of methoxy groups -OCH3 is 1. The van der Waals surface area contributed by atoms with Gasteiger partial charge in [0.05, 0.1) is 12.6 Å². The number of fused-ring (bicyclic) bond motifs is 1. The van der Waals surface area contributed by atoms with Crippen LogP contribution in [-0.2, 0) is 0 Å². The van der Waals surface area contributed by atoms with Crippen LogP contribution in [0.2, 0.25) is 0 Å². The van der Waals surface area contributed by atoms with Crippen molar-refractivity contribution >= 4 is 59.0 Å². The number of aryl methyl sites for hydroxylation is 1. The fourth-order valence-corrected chi connectivity index (χ4v) is 4.84. The summed E-state index contributed by atoms with van der Waals surface area (Å²) in [4.78, 5) is 22.4. The molecular formula is C30H34Cl2N6O2. The van der Waals surface area contributed by atoms with E-state index >= 15 is 0 Å². The average molecular weight is 582 g/mol. The van der Waals surface area contributed by atoms with Crippen molar-refractivity contribution in [3.63, 3.8) is 0 Å². The molecular weight excluding hydrogens is 547 g/mol. The molecule has 0 radical (unpaired) electrons. The number of nitrogens with zero attached hydrogens (tertiary/aromatic N) is 2. The number of aromatic nitrogens is 2. The van der Waals surface area contributed by atoms with Crippen LogP contribution in [0, 0.1) is 12.3 Å². The maximum atomic E-state index is 13.2. The van der Waals surface area contributed by atoms with Crippen LogP contribution in [0.5, 0.6) is 5.75 Å². The van der Waals surface area contributed by atoms with Crippen molar-refractivity contribution in [2.24, 2.45) is 0 Å². The summed E-state index contributed by atoms with van der Waals surface area (Å²) in [6, 6.07) is 22.9. The van der Waals surface area contributed by atoms with E-state index in [-0.39, 0.29) is 48.6 Å². The summed E-state index contributed by atoms with van der Waals surface area (Å²) in [7, 11) is 1.60. The number of hydrogen-bond acceptors (Lipinski definition) is 6. The second-order valence-electron chi connectivity index (χ2n) is 9.63. The van der Waals surface area contributed by atoms with Crippen molar-refractivity contribution in [2.75, 3.05) is 17.7 Å². The largest absolute Gasteiger partial charge is 0.497 e. The maximum Gasteiger partial charge on any atom is 0.293 e. The highest BCUT2D eigenvalue weighted by Gasteiger charge is 2.27. The number of amides is 1. The molecule has 40 heavy (non-hydrogen) atoms. The van der Waals surface area contributed by atoms with Gasteiger partial charge < -0.3 is 20.7 Å². The van der Waals surface area contributed by atoms with Crippen LogP contribution in [0.3, 0.4) is 0 Å². The first kappa shape index (κ1) is 30.7. The van der Waals surface area contributed by atoms with Gasteiger partial charge in [-0.05, 0) is 56.2 Å². The standard InChI is InChI=1S/C30H32N6O2.2ClH/c1-19-12-17-24-23(18-19)28(36-29(34-24)30(37)32-21-13-15-22(38-2)16-14-21)35-26-11-7-6-10-25(26)33-27(31)20-8-4-3-5-9-20;;/h3-5,8-9,12-18,25-26H,6-7,10-11H2,1-2H3,(H2,31,33)(H,32,37)(H,34,35,36);2*1H/t25-,26+;;/m1../s1. The lowest BCUT2D eigenvalue weighted by atomic mass is 9.89. The van der Waals surface area contributed by atoms with Gasteiger partial charge in [0.15, 0.2) is 0 Å². The smallest absolute Gasteiger partial charge is 0.293 e. The summed E-state index contributed by atoms with van der Waals surface area (Å²) in [5.41, 5.74) is 3.28. The predicted octanol–water partition coefficient (Wildman–Crippen LogP) is 6.38. The lowest BCUT2D eigenvalue weighted by Crippen LogP contribution is -2.48. The van der Waals surface area contributed by atoms with Crippen molar-refractivity contribution in [3.8, 4) is 5.75 Å². The Hall–Kier alpha value is -3.88. The van der Waals surface area contributed by atoms with E-state index in [1.165, 1.54) is 0 Å². The number of benzene rings is 3. The van der Waals surface area contributed by atoms with Gasteiger partial charge in [0.1, 0.15) is 17.4 Å². The van der Waals surface area contributed by atoms with E-state index in [0.717, 1.165) is 42.2 Å². The zero-order valence-electron chi connectivity index (χ0n) is 22.4. The number of hydrogen-bond donors (Lipinski definition) is 4. The molecule has 1 heterocycles. The van der Waals surface area contributed by atoms with Gasteiger partial charge in [0, 0.05) is 28.7 Å². The predicted molar refractivity (Wildman–Crippen MR) is 166 cm³/mol. The molecule has 0 spiro atoms. The first-order chi connectivity index (χ1) is 18.5. The third-order valence-corrected chi connectivity index (χ3v) is 6.88. The van der Waals surface area contributed by atoms with Gasteiger partial charge in [-0.25, -0.2) is 9.97 Å². The van der Waals surface area contributed by atoms with Crippen LogP contribution in [0.1, 0.15) is 47.4 Å². The molecule has 3 aromatic carbocycles. The monoisotopic (exact) mass is 580 g/mol. The first-order valence-corrected chi connectivity index (χ1v) is 12.9. The van der Waals surface area contributed by atoms with E-state index in [1.807, 2.05) is 55.5 Å². The highest BCUT2D eigenvalue weighted by molar-refractivity contribution is 6.04. The van der Waals surface area contributed by atoms with E-state index < -0.39 is 0 Å². The third-order valence-electron chi connectivity index (χ3n) is 6.88. The van der Waals surface area contributed by atoms with Gasteiger partial charge in [0.2, 0.25) is 5.82 Å². The van der Waals surface area contributed by atoms with Gasteiger partial charge in [-0.3, -0.25) is 10.2 Å². The van der Waals surface area contributed by atoms with Gasteiger partial charge in [-0.15, -0.1) is 24.8 Å². The highest BCUT2D eigenvalue weighted by atomic mass is 35.5. The van der Waals surface area contributed by atoms with E-state index in [0.29, 0.717) is 28.6 Å². The molecule has 1 aliphatic carbocycles. The zero-order valence-corrected chi connectivity index (χ0v) is 24.1. The van der Waals surface area contributed by atoms with Crippen molar-refractivity contribution in [1.29, 1.82) is 5.41 Å². The molecule has 0 aliphatic heterocycles. The molecule has 8 nitrogen and oxygen atoms in total. The topological polar surface area (TPSA) is 112 Å². The second-order valence-corrected chi connectivity index (χ2v) is 9.63. The summed E-state index contributed by atoms with van der Waals surface area (Å²) >= 11 is 0. The Labute approximate surface area is 246 Å². The summed E-state index contributed by atoms with van der Waals surface area (Å²) in [6.45, 7) is 2.03. The summed E-state index contributed by atoms with van der Waals surface area (Å²) in [5.74, 6) is 1.46. The molecule has 0 saturated heterocycles. The van der Waals surface area contributed by atoms with E-state index in [1.54, 1.807) is 31.4 Å².